The van der Waals surface area contributed by atoms with Gasteiger partial charge in [0.2, 0.25) is 0 Å². The molecule has 0 bridgehead atoms. The van der Waals surface area contributed by atoms with Crippen LogP contribution in [0.1, 0.15) is 5.56 Å². The van der Waals surface area contributed by atoms with Crippen molar-refractivity contribution in [1.82, 2.24) is 10.7 Å². The molecule has 0 aliphatic carbocycles. The van der Waals surface area contributed by atoms with E-state index in [9.17, 15) is 4.79 Å². The Kier molecular flexibility index (Phi) is 3.39. The van der Waals surface area contributed by atoms with E-state index in [-0.39, 0.29) is 12.3 Å². The third kappa shape index (κ3) is 2.83. The number of nitrogens with two attached hydrogens (primary N) is 2. The van der Waals surface area contributed by atoms with Crippen LogP contribution < -0.4 is 17.2 Å². The molecule has 1 aromatic carbocycles. The molecule has 0 saturated carbocycles. The van der Waals surface area contributed by atoms with Crippen molar-refractivity contribution in [2.24, 2.45) is 11.7 Å². The maximum absolute atomic E-state index is 11.2. The van der Waals surface area contributed by atoms with Gasteiger partial charge in [0.05, 0.1) is 6.42 Å². The van der Waals surface area contributed by atoms with Gasteiger partial charge in [-0.05, 0) is 5.56 Å². The zero-order valence-electron chi connectivity index (χ0n) is 7.10. The summed E-state index contributed by atoms with van der Waals surface area (Å²) in [5, 5.41) is 0.757. The maximum Gasteiger partial charge on any atom is 0.256 e. The summed E-state index contributed by atoms with van der Waals surface area (Å²) in [6, 6.07) is 9.30. The first-order valence-corrected chi connectivity index (χ1v) is 3.82. The lowest BCUT2D eigenvalue weighted by Gasteiger charge is -2.13. The molecule has 0 atom stereocenters. The van der Waals surface area contributed by atoms with Gasteiger partial charge in [-0.15, -0.1) is 0 Å². The first-order valence-electron chi connectivity index (χ1n) is 3.82. The number of carbonyl (C=O) groups is 1. The summed E-state index contributed by atoms with van der Waals surface area (Å²) in [6.45, 7) is 0. The molecule has 5 N–H and O–H groups in total. The number of hydrogen-bond acceptors (Lipinski definition) is 4. The lowest BCUT2D eigenvalue weighted by atomic mass is 10.1. The van der Waals surface area contributed by atoms with Crippen LogP contribution in [0.25, 0.3) is 0 Å². The van der Waals surface area contributed by atoms with Crippen LogP contribution in [0, 0.1) is 0 Å². The summed E-state index contributed by atoms with van der Waals surface area (Å²) in [7, 11) is 0. The first kappa shape index (κ1) is 9.66. The van der Waals surface area contributed by atoms with Crippen molar-refractivity contribution < 1.29 is 4.79 Å². The van der Waals surface area contributed by atoms with Crippen LogP contribution in [-0.4, -0.2) is 11.0 Å². The SMILES string of the molecule is NNN(N)C(=O)Cc1ccccc1. The molecule has 0 fully saturated rings. The number of rotatable bonds is 3. The van der Waals surface area contributed by atoms with E-state index in [1.807, 2.05) is 35.9 Å². The molecule has 13 heavy (non-hydrogen) atoms. The van der Waals surface area contributed by atoms with E-state index in [2.05, 4.69) is 0 Å². The van der Waals surface area contributed by atoms with Crippen molar-refractivity contribution in [3.8, 4) is 0 Å². The van der Waals surface area contributed by atoms with Gasteiger partial charge in [-0.3, -0.25) is 10.6 Å². The van der Waals surface area contributed by atoms with E-state index in [1.54, 1.807) is 0 Å². The van der Waals surface area contributed by atoms with E-state index in [4.69, 9.17) is 11.7 Å². The Labute approximate surface area is 76.2 Å². The molecule has 0 heterocycles. The van der Waals surface area contributed by atoms with E-state index < -0.39 is 0 Å². The van der Waals surface area contributed by atoms with E-state index >= 15 is 0 Å². The van der Waals surface area contributed by atoms with Crippen LogP contribution >= 0.6 is 0 Å². The van der Waals surface area contributed by atoms with Gasteiger partial charge in [-0.25, -0.2) is 5.84 Å². The van der Waals surface area contributed by atoms with Gasteiger partial charge in [0, 0.05) is 0 Å². The highest BCUT2D eigenvalue weighted by molar-refractivity contribution is 5.77. The third-order valence-electron chi connectivity index (χ3n) is 1.61. The average molecular weight is 180 g/mol. The molecule has 0 radical (unpaired) electrons. The van der Waals surface area contributed by atoms with Crippen molar-refractivity contribution in [3.05, 3.63) is 35.9 Å². The smallest absolute Gasteiger partial charge is 0.256 e. The Morgan fingerprint density at radius 3 is 2.54 bits per heavy atom. The van der Waals surface area contributed by atoms with E-state index in [0.717, 1.165) is 10.7 Å². The van der Waals surface area contributed by atoms with E-state index in [1.165, 1.54) is 0 Å². The molecular weight excluding hydrogens is 168 g/mol. The minimum Gasteiger partial charge on any atom is -0.272 e. The Bertz CT molecular complexity index is 275. The summed E-state index contributed by atoms with van der Waals surface area (Å²) in [6.07, 6.45) is 0.238. The average Bonchev–Trinajstić information content (AvgIpc) is 2.18. The summed E-state index contributed by atoms with van der Waals surface area (Å²) < 4.78 is 0. The molecular formula is C8H12N4O. The molecule has 1 aromatic rings. The number of nitrogens with zero attached hydrogens (tertiary/aromatic N) is 1. The molecule has 0 spiro atoms. The fourth-order valence-corrected chi connectivity index (χ4v) is 0.928. The van der Waals surface area contributed by atoms with Gasteiger partial charge in [-0.1, -0.05) is 30.3 Å². The van der Waals surface area contributed by atoms with Crippen LogP contribution in [0.4, 0.5) is 0 Å². The summed E-state index contributed by atoms with van der Waals surface area (Å²) >= 11 is 0. The second kappa shape index (κ2) is 4.56. The number of nitrogens with one attached hydrogen (secondary N) is 1. The second-order valence-electron chi connectivity index (χ2n) is 2.56. The Hall–Kier alpha value is -1.43. The minimum atomic E-state index is -0.284. The molecule has 0 aromatic heterocycles. The highest BCUT2D eigenvalue weighted by Crippen LogP contribution is 1.99. The fourth-order valence-electron chi connectivity index (χ4n) is 0.928. The number of benzene rings is 1. The van der Waals surface area contributed by atoms with Crippen molar-refractivity contribution in [2.75, 3.05) is 0 Å². The van der Waals surface area contributed by atoms with Gasteiger partial charge in [0.25, 0.3) is 5.91 Å². The van der Waals surface area contributed by atoms with Crippen molar-refractivity contribution >= 4 is 5.91 Å². The van der Waals surface area contributed by atoms with Gasteiger partial charge in [-0.2, -0.15) is 10.7 Å². The van der Waals surface area contributed by atoms with Crippen LogP contribution in [0.2, 0.25) is 0 Å². The molecule has 0 unspecified atom stereocenters. The van der Waals surface area contributed by atoms with Crippen LogP contribution in [0.5, 0.6) is 0 Å². The molecule has 70 valence electrons. The maximum atomic E-state index is 11.2. The van der Waals surface area contributed by atoms with Crippen LogP contribution in [-0.2, 0) is 11.2 Å². The van der Waals surface area contributed by atoms with Crippen molar-refractivity contribution in [3.63, 3.8) is 0 Å². The minimum absolute atomic E-state index is 0.238. The van der Waals surface area contributed by atoms with E-state index in [0.29, 0.717) is 0 Å². The molecule has 0 aliphatic rings. The highest BCUT2D eigenvalue weighted by Gasteiger charge is 2.07. The lowest BCUT2D eigenvalue weighted by molar-refractivity contribution is -0.134. The van der Waals surface area contributed by atoms with Crippen molar-refractivity contribution in [1.29, 1.82) is 0 Å². The van der Waals surface area contributed by atoms with Gasteiger partial charge >= 0.3 is 0 Å². The zero-order chi connectivity index (χ0) is 9.68. The lowest BCUT2D eigenvalue weighted by Crippen LogP contribution is -2.52. The molecule has 1 amide bonds. The molecule has 0 aliphatic heterocycles. The summed E-state index contributed by atoms with van der Waals surface area (Å²) in [5.41, 5.74) is 2.95. The predicted molar refractivity (Wildman–Crippen MR) is 48.5 cm³/mol. The van der Waals surface area contributed by atoms with Gasteiger partial charge < -0.3 is 0 Å². The standard InChI is InChI=1S/C8H12N4O/c9-11-12(10)8(13)6-7-4-2-1-3-5-7/h1-5,11H,6,9-10H2. The Balaban J connectivity index is 2.55. The normalized spacial score (nSPS) is 9.69. The van der Waals surface area contributed by atoms with Crippen molar-refractivity contribution in [2.45, 2.75) is 6.42 Å². The van der Waals surface area contributed by atoms with Crippen LogP contribution in [0.15, 0.2) is 30.3 Å². The van der Waals surface area contributed by atoms with Crippen LogP contribution in [0.3, 0.4) is 0 Å². The Morgan fingerprint density at radius 2 is 2.00 bits per heavy atom. The van der Waals surface area contributed by atoms with Gasteiger partial charge in [0.1, 0.15) is 0 Å². The topological polar surface area (TPSA) is 84.4 Å². The fraction of sp³-hybridized carbons (Fsp3) is 0.125. The number of hydrogen-bond donors (Lipinski definition) is 3. The number of hydrazine groups is 3. The molecule has 5 nitrogen and oxygen atoms in total. The zero-order valence-corrected chi connectivity index (χ0v) is 7.10. The first-order chi connectivity index (χ1) is 6.24. The number of carbonyl (C=O) groups excluding carboxylic acids is 1. The summed E-state index contributed by atoms with van der Waals surface area (Å²) in [4.78, 5) is 11.2. The monoisotopic (exact) mass is 180 g/mol. The predicted octanol–water partition coefficient (Wildman–Crippen LogP) is -0.690. The molecule has 5 heteroatoms. The third-order valence-corrected chi connectivity index (χ3v) is 1.61. The Morgan fingerprint density at radius 1 is 1.38 bits per heavy atom. The molecule has 1 rings (SSSR count). The van der Waals surface area contributed by atoms with Gasteiger partial charge in [0.15, 0.2) is 0 Å². The highest BCUT2D eigenvalue weighted by atomic mass is 16.2. The largest absolute Gasteiger partial charge is 0.272 e. The molecule has 0 saturated heterocycles. The summed E-state index contributed by atoms with van der Waals surface area (Å²) in [5.74, 6) is 9.89. The second-order valence-corrected chi connectivity index (χ2v) is 2.56. The number of amides is 1. The quantitative estimate of drug-likeness (QED) is 0.326.